The molecule has 2 fully saturated rings. The summed E-state index contributed by atoms with van der Waals surface area (Å²) in [7, 11) is 0. The molecule has 1 amide bonds. The molecule has 0 aromatic heterocycles. The van der Waals surface area contributed by atoms with Crippen LogP contribution in [0.2, 0.25) is 0 Å². The van der Waals surface area contributed by atoms with Gasteiger partial charge in [-0.05, 0) is 39.5 Å². The third-order valence-corrected chi connectivity index (χ3v) is 4.79. The van der Waals surface area contributed by atoms with Crippen LogP contribution in [0.4, 0.5) is 0 Å². The van der Waals surface area contributed by atoms with Crippen molar-refractivity contribution in [3.05, 3.63) is 0 Å². The molecule has 0 aromatic carbocycles. The lowest BCUT2D eigenvalue weighted by Crippen LogP contribution is -2.46. The zero-order valence-electron chi connectivity index (χ0n) is 12.6. The molecule has 1 saturated heterocycles. The SMILES string of the molecule is CC(C)(C#N)CC(=O)N1CCCC1C1CCCCC1O. The van der Waals surface area contributed by atoms with E-state index in [0.29, 0.717) is 0 Å². The van der Waals surface area contributed by atoms with Crippen molar-refractivity contribution in [3.63, 3.8) is 0 Å². The highest BCUT2D eigenvalue weighted by Gasteiger charge is 2.39. The summed E-state index contributed by atoms with van der Waals surface area (Å²) in [6.07, 6.45) is 6.19. The summed E-state index contributed by atoms with van der Waals surface area (Å²) in [6.45, 7) is 4.41. The lowest BCUT2D eigenvalue weighted by molar-refractivity contribution is -0.135. The van der Waals surface area contributed by atoms with E-state index in [1.165, 1.54) is 0 Å². The topological polar surface area (TPSA) is 64.3 Å². The van der Waals surface area contributed by atoms with E-state index < -0.39 is 5.41 Å². The van der Waals surface area contributed by atoms with E-state index >= 15 is 0 Å². The second-order valence-electron chi connectivity index (χ2n) is 6.98. The molecule has 0 aromatic rings. The first-order chi connectivity index (χ1) is 9.44. The molecular formula is C16H26N2O2. The number of aliphatic hydroxyl groups excluding tert-OH is 1. The van der Waals surface area contributed by atoms with Gasteiger partial charge in [-0.1, -0.05) is 12.8 Å². The number of nitriles is 1. The molecule has 0 spiro atoms. The Labute approximate surface area is 121 Å². The maximum absolute atomic E-state index is 12.5. The first kappa shape index (κ1) is 15.3. The van der Waals surface area contributed by atoms with E-state index in [9.17, 15) is 9.90 Å². The van der Waals surface area contributed by atoms with Crippen LogP contribution in [0.3, 0.4) is 0 Å². The molecule has 3 unspecified atom stereocenters. The van der Waals surface area contributed by atoms with Crippen molar-refractivity contribution < 1.29 is 9.90 Å². The van der Waals surface area contributed by atoms with Gasteiger partial charge in [-0.3, -0.25) is 4.79 Å². The normalized spacial score (nSPS) is 31.1. The molecule has 4 heteroatoms. The summed E-state index contributed by atoms with van der Waals surface area (Å²) < 4.78 is 0. The van der Waals surface area contributed by atoms with Crippen LogP contribution in [-0.4, -0.2) is 34.6 Å². The van der Waals surface area contributed by atoms with Gasteiger partial charge in [0.15, 0.2) is 0 Å². The van der Waals surface area contributed by atoms with Gasteiger partial charge < -0.3 is 10.0 Å². The molecule has 1 heterocycles. The van der Waals surface area contributed by atoms with Crippen molar-refractivity contribution in [1.82, 2.24) is 4.90 Å². The lowest BCUT2D eigenvalue weighted by atomic mass is 9.80. The minimum Gasteiger partial charge on any atom is -0.393 e. The third-order valence-electron chi connectivity index (χ3n) is 4.79. The van der Waals surface area contributed by atoms with Crippen molar-refractivity contribution in [2.24, 2.45) is 11.3 Å². The number of aliphatic hydroxyl groups is 1. The van der Waals surface area contributed by atoms with Crippen molar-refractivity contribution in [3.8, 4) is 6.07 Å². The Hall–Kier alpha value is -1.08. The van der Waals surface area contributed by atoms with Crippen LogP contribution in [-0.2, 0) is 4.79 Å². The first-order valence-corrected chi connectivity index (χ1v) is 7.83. The molecule has 2 rings (SSSR count). The fourth-order valence-corrected chi connectivity index (χ4v) is 3.66. The fourth-order valence-electron chi connectivity index (χ4n) is 3.66. The van der Waals surface area contributed by atoms with Gasteiger partial charge in [-0.15, -0.1) is 0 Å². The predicted molar refractivity (Wildman–Crippen MR) is 76.7 cm³/mol. The van der Waals surface area contributed by atoms with Gasteiger partial charge in [0.1, 0.15) is 0 Å². The van der Waals surface area contributed by atoms with Gasteiger partial charge in [0.2, 0.25) is 5.91 Å². The quantitative estimate of drug-likeness (QED) is 0.862. The fraction of sp³-hybridized carbons (Fsp3) is 0.875. The van der Waals surface area contributed by atoms with E-state index in [1.807, 2.05) is 18.7 Å². The zero-order valence-corrected chi connectivity index (χ0v) is 12.6. The van der Waals surface area contributed by atoms with Crippen LogP contribution in [0, 0.1) is 22.7 Å². The Balaban J connectivity index is 2.03. The Morgan fingerprint density at radius 1 is 1.30 bits per heavy atom. The smallest absolute Gasteiger partial charge is 0.224 e. The largest absolute Gasteiger partial charge is 0.393 e. The summed E-state index contributed by atoms with van der Waals surface area (Å²) in [5.74, 6) is 0.317. The minimum atomic E-state index is -0.602. The first-order valence-electron chi connectivity index (χ1n) is 7.83. The number of amides is 1. The molecule has 2 aliphatic rings. The van der Waals surface area contributed by atoms with Gasteiger partial charge in [-0.25, -0.2) is 0 Å². The van der Waals surface area contributed by atoms with Crippen molar-refractivity contribution >= 4 is 5.91 Å². The monoisotopic (exact) mass is 278 g/mol. The Morgan fingerprint density at radius 2 is 2.00 bits per heavy atom. The zero-order chi connectivity index (χ0) is 14.8. The van der Waals surface area contributed by atoms with E-state index in [2.05, 4.69) is 6.07 Å². The Morgan fingerprint density at radius 3 is 2.65 bits per heavy atom. The highest BCUT2D eigenvalue weighted by Crippen LogP contribution is 2.35. The van der Waals surface area contributed by atoms with Gasteiger partial charge in [0, 0.05) is 24.9 Å². The van der Waals surface area contributed by atoms with E-state index in [1.54, 1.807) is 0 Å². The van der Waals surface area contributed by atoms with Crippen molar-refractivity contribution in [2.45, 2.75) is 70.9 Å². The number of nitrogens with zero attached hydrogens (tertiary/aromatic N) is 2. The maximum Gasteiger partial charge on any atom is 0.224 e. The average molecular weight is 278 g/mol. The highest BCUT2D eigenvalue weighted by molar-refractivity contribution is 5.78. The van der Waals surface area contributed by atoms with Gasteiger partial charge in [0.25, 0.3) is 0 Å². The van der Waals surface area contributed by atoms with Crippen molar-refractivity contribution in [2.75, 3.05) is 6.54 Å². The van der Waals surface area contributed by atoms with Crippen LogP contribution in [0.1, 0.15) is 58.8 Å². The van der Waals surface area contributed by atoms with Gasteiger partial charge >= 0.3 is 0 Å². The molecule has 0 bridgehead atoms. The van der Waals surface area contributed by atoms with E-state index in [4.69, 9.17) is 5.26 Å². The second kappa shape index (κ2) is 6.13. The van der Waals surface area contributed by atoms with Gasteiger partial charge in [0.05, 0.1) is 17.6 Å². The highest BCUT2D eigenvalue weighted by atomic mass is 16.3. The van der Waals surface area contributed by atoms with Crippen LogP contribution >= 0.6 is 0 Å². The number of rotatable bonds is 3. The molecule has 112 valence electrons. The molecule has 1 aliphatic carbocycles. The molecule has 1 N–H and O–H groups in total. The van der Waals surface area contributed by atoms with Crippen molar-refractivity contribution in [1.29, 1.82) is 5.26 Å². The number of carbonyl (C=O) groups excluding carboxylic acids is 1. The number of carbonyl (C=O) groups is 1. The Kier molecular flexibility index (Phi) is 4.70. The second-order valence-corrected chi connectivity index (χ2v) is 6.98. The standard InChI is InChI=1S/C16H26N2O2/c1-16(2,11-17)10-15(20)18-9-5-7-13(18)12-6-3-4-8-14(12)19/h12-14,19H,3-10H2,1-2H3. The average Bonchev–Trinajstić information content (AvgIpc) is 2.88. The molecule has 4 nitrogen and oxygen atoms in total. The third kappa shape index (κ3) is 3.32. The van der Waals surface area contributed by atoms with Crippen LogP contribution in [0.15, 0.2) is 0 Å². The summed E-state index contributed by atoms with van der Waals surface area (Å²) in [5, 5.41) is 19.3. The summed E-state index contributed by atoms with van der Waals surface area (Å²) >= 11 is 0. The minimum absolute atomic E-state index is 0.0804. The lowest BCUT2D eigenvalue weighted by Gasteiger charge is -2.37. The summed E-state index contributed by atoms with van der Waals surface area (Å²) in [4.78, 5) is 14.4. The van der Waals surface area contributed by atoms with Crippen LogP contribution < -0.4 is 0 Å². The molecule has 1 saturated carbocycles. The molecule has 3 atom stereocenters. The van der Waals surface area contributed by atoms with E-state index in [-0.39, 0.29) is 30.4 Å². The number of likely N-dealkylation sites (tertiary alicyclic amines) is 1. The maximum atomic E-state index is 12.5. The molecule has 0 radical (unpaired) electrons. The van der Waals surface area contributed by atoms with Gasteiger partial charge in [-0.2, -0.15) is 5.26 Å². The number of hydrogen-bond acceptors (Lipinski definition) is 3. The molecular weight excluding hydrogens is 252 g/mol. The number of hydrogen-bond donors (Lipinski definition) is 1. The summed E-state index contributed by atoms with van der Waals surface area (Å²) in [5.41, 5.74) is -0.602. The van der Waals surface area contributed by atoms with Crippen LogP contribution in [0.25, 0.3) is 0 Å². The van der Waals surface area contributed by atoms with E-state index in [0.717, 1.165) is 45.1 Å². The molecule has 20 heavy (non-hydrogen) atoms. The summed E-state index contributed by atoms with van der Waals surface area (Å²) in [6, 6.07) is 2.39. The Bertz CT molecular complexity index is 400. The van der Waals surface area contributed by atoms with Crippen LogP contribution in [0.5, 0.6) is 0 Å². The molecule has 1 aliphatic heterocycles. The predicted octanol–water partition coefficient (Wildman–Crippen LogP) is 2.47.